The highest BCUT2D eigenvalue weighted by Crippen LogP contribution is 2.19. The normalized spacial score (nSPS) is 10.4. The van der Waals surface area contributed by atoms with Crippen LogP contribution in [-0.2, 0) is 0 Å². The van der Waals surface area contributed by atoms with Gasteiger partial charge in [0.25, 0.3) is 11.8 Å². The average molecular weight is 425 g/mol. The first kappa shape index (κ1) is 21.2. The molecule has 0 radical (unpaired) electrons. The number of ether oxygens (including phenoxy) is 2. The summed E-state index contributed by atoms with van der Waals surface area (Å²) < 4.78 is 10.4. The predicted octanol–water partition coefficient (Wildman–Crippen LogP) is 4.22. The molecule has 0 unspecified atom stereocenters. The number of rotatable bonds is 7. The average Bonchev–Trinajstić information content (AvgIpc) is 2.79. The molecule has 0 aliphatic carbocycles. The molecule has 0 aliphatic heterocycles. The Morgan fingerprint density at radius 3 is 1.67 bits per heavy atom. The number of amides is 2. The number of carbonyl (C=O) groups is 2. The summed E-state index contributed by atoms with van der Waals surface area (Å²) in [4.78, 5) is 25.6. The molecule has 7 heteroatoms. The van der Waals surface area contributed by atoms with Gasteiger partial charge in [0.15, 0.2) is 0 Å². The Morgan fingerprint density at radius 2 is 1.23 bits per heavy atom. The molecular formula is C23H21ClN2O4. The largest absolute Gasteiger partial charge is 0.497 e. The van der Waals surface area contributed by atoms with Crippen LogP contribution in [0.4, 0.5) is 0 Å². The van der Waals surface area contributed by atoms with Crippen molar-refractivity contribution in [2.45, 2.75) is 6.17 Å². The molecule has 0 saturated heterocycles. The van der Waals surface area contributed by atoms with E-state index in [1.807, 2.05) is 0 Å². The second-order valence-corrected chi connectivity index (χ2v) is 6.83. The van der Waals surface area contributed by atoms with Crippen LogP contribution in [0.2, 0.25) is 5.02 Å². The van der Waals surface area contributed by atoms with Crippen molar-refractivity contribution in [3.63, 3.8) is 0 Å². The highest BCUT2D eigenvalue weighted by atomic mass is 35.5. The quantitative estimate of drug-likeness (QED) is 0.557. The fraction of sp³-hybridized carbons (Fsp3) is 0.130. The summed E-state index contributed by atoms with van der Waals surface area (Å²) in [5.74, 6) is 0.400. The van der Waals surface area contributed by atoms with Crippen LogP contribution in [0.1, 0.15) is 32.4 Å². The minimum Gasteiger partial charge on any atom is -0.497 e. The molecule has 2 N–H and O–H groups in total. The van der Waals surface area contributed by atoms with E-state index >= 15 is 0 Å². The van der Waals surface area contributed by atoms with Gasteiger partial charge >= 0.3 is 0 Å². The molecule has 0 spiro atoms. The lowest BCUT2D eigenvalue weighted by Crippen LogP contribution is -2.41. The van der Waals surface area contributed by atoms with Crippen LogP contribution in [0.5, 0.6) is 11.5 Å². The van der Waals surface area contributed by atoms with E-state index in [0.717, 1.165) is 0 Å². The summed E-state index contributed by atoms with van der Waals surface area (Å²) in [6.07, 6.45) is -0.778. The van der Waals surface area contributed by atoms with Gasteiger partial charge in [-0.25, -0.2) is 0 Å². The van der Waals surface area contributed by atoms with Crippen molar-refractivity contribution in [1.29, 1.82) is 0 Å². The summed E-state index contributed by atoms with van der Waals surface area (Å²) in [5.41, 5.74) is 1.49. The molecule has 0 fully saturated rings. The zero-order valence-corrected chi connectivity index (χ0v) is 17.3. The summed E-state index contributed by atoms with van der Waals surface area (Å²) in [5, 5.41) is 6.25. The van der Waals surface area contributed by atoms with Gasteiger partial charge in [-0.3, -0.25) is 9.59 Å². The molecule has 6 nitrogen and oxygen atoms in total. The lowest BCUT2D eigenvalue weighted by molar-refractivity contribution is 0.0883. The Labute approximate surface area is 179 Å². The van der Waals surface area contributed by atoms with Crippen LogP contribution in [0, 0.1) is 0 Å². The van der Waals surface area contributed by atoms with Gasteiger partial charge in [-0.1, -0.05) is 35.9 Å². The van der Waals surface area contributed by atoms with Gasteiger partial charge in [-0.05, 0) is 54.1 Å². The van der Waals surface area contributed by atoms with Gasteiger partial charge in [-0.15, -0.1) is 0 Å². The smallest absolute Gasteiger partial charge is 0.253 e. The first-order chi connectivity index (χ1) is 14.5. The second-order valence-electron chi connectivity index (χ2n) is 6.40. The molecule has 0 saturated carbocycles. The highest BCUT2D eigenvalue weighted by Gasteiger charge is 2.19. The van der Waals surface area contributed by atoms with Crippen LogP contribution in [0.25, 0.3) is 0 Å². The Bertz CT molecular complexity index is 976. The van der Waals surface area contributed by atoms with Crippen LogP contribution >= 0.6 is 11.6 Å². The third-order valence-electron chi connectivity index (χ3n) is 4.42. The van der Waals surface area contributed by atoms with Crippen LogP contribution < -0.4 is 20.1 Å². The molecular weight excluding hydrogens is 404 g/mol. The van der Waals surface area contributed by atoms with Crippen molar-refractivity contribution in [2.75, 3.05) is 14.2 Å². The number of halogens is 1. The first-order valence-electron chi connectivity index (χ1n) is 9.15. The number of carbonyl (C=O) groups excluding carboxylic acids is 2. The number of hydrogen-bond donors (Lipinski definition) is 2. The molecule has 0 aliphatic rings. The van der Waals surface area contributed by atoms with Crippen molar-refractivity contribution in [3.05, 3.63) is 94.5 Å². The number of hydrogen-bond acceptors (Lipinski definition) is 4. The van der Waals surface area contributed by atoms with Crippen LogP contribution in [-0.4, -0.2) is 26.0 Å². The van der Waals surface area contributed by atoms with E-state index in [2.05, 4.69) is 10.6 Å². The Kier molecular flexibility index (Phi) is 6.93. The number of benzene rings is 3. The Balaban J connectivity index is 1.85. The van der Waals surface area contributed by atoms with Gasteiger partial charge in [0.2, 0.25) is 0 Å². The number of nitrogens with one attached hydrogen (secondary N) is 2. The molecule has 0 atom stereocenters. The molecule has 3 rings (SSSR count). The van der Waals surface area contributed by atoms with Crippen molar-refractivity contribution >= 4 is 23.4 Å². The summed E-state index contributed by atoms with van der Waals surface area (Å²) >= 11 is 5.98. The summed E-state index contributed by atoms with van der Waals surface area (Å²) in [6, 6.07) is 20.4. The van der Waals surface area contributed by atoms with Crippen molar-refractivity contribution in [3.8, 4) is 11.5 Å². The lowest BCUT2D eigenvalue weighted by atomic mass is 10.1. The zero-order valence-electron chi connectivity index (χ0n) is 16.5. The Morgan fingerprint density at radius 1 is 0.767 bits per heavy atom. The Hall–Kier alpha value is -3.51. The lowest BCUT2D eigenvalue weighted by Gasteiger charge is -2.21. The fourth-order valence-electron chi connectivity index (χ4n) is 2.82. The number of methoxy groups -OCH3 is 2. The van der Waals surface area contributed by atoms with Crippen molar-refractivity contribution in [2.24, 2.45) is 0 Å². The third-order valence-corrected chi connectivity index (χ3v) is 4.67. The van der Waals surface area contributed by atoms with E-state index in [9.17, 15) is 9.59 Å². The monoisotopic (exact) mass is 424 g/mol. The van der Waals surface area contributed by atoms with Gasteiger partial charge in [0, 0.05) is 16.1 Å². The minimum absolute atomic E-state index is 0.361. The minimum atomic E-state index is -0.778. The molecule has 0 aromatic heterocycles. The van der Waals surface area contributed by atoms with Crippen molar-refractivity contribution in [1.82, 2.24) is 10.6 Å². The third kappa shape index (κ3) is 5.30. The maximum atomic E-state index is 12.8. The fourth-order valence-corrected chi connectivity index (χ4v) is 2.94. The summed E-state index contributed by atoms with van der Waals surface area (Å²) in [7, 11) is 3.06. The van der Waals surface area contributed by atoms with Gasteiger partial charge in [-0.2, -0.15) is 0 Å². The second kappa shape index (κ2) is 9.80. The molecule has 2 amide bonds. The van der Waals surface area contributed by atoms with Gasteiger partial charge in [0.1, 0.15) is 17.7 Å². The van der Waals surface area contributed by atoms with E-state index in [4.69, 9.17) is 21.1 Å². The van der Waals surface area contributed by atoms with E-state index in [1.54, 1.807) is 72.8 Å². The van der Waals surface area contributed by atoms with Gasteiger partial charge in [0.05, 0.1) is 14.2 Å². The van der Waals surface area contributed by atoms with E-state index in [0.29, 0.717) is 33.2 Å². The van der Waals surface area contributed by atoms with Gasteiger partial charge < -0.3 is 20.1 Å². The van der Waals surface area contributed by atoms with Crippen LogP contribution in [0.15, 0.2) is 72.8 Å². The molecule has 3 aromatic rings. The van der Waals surface area contributed by atoms with E-state index in [-0.39, 0.29) is 11.8 Å². The van der Waals surface area contributed by atoms with E-state index in [1.165, 1.54) is 14.2 Å². The molecule has 0 heterocycles. The standard InChI is InChI=1S/C23H21ClN2O4/c1-29-19-7-3-5-16(13-19)22(27)25-21(15-9-11-18(24)12-10-15)26-23(28)17-6-4-8-20(14-17)30-2/h3-14,21H,1-2H3,(H,25,27)(H,26,28). The van der Waals surface area contributed by atoms with E-state index < -0.39 is 6.17 Å². The van der Waals surface area contributed by atoms with Crippen LogP contribution in [0.3, 0.4) is 0 Å². The zero-order chi connectivity index (χ0) is 21.5. The molecule has 30 heavy (non-hydrogen) atoms. The topological polar surface area (TPSA) is 76.7 Å². The predicted molar refractivity (Wildman–Crippen MR) is 115 cm³/mol. The molecule has 0 bridgehead atoms. The maximum Gasteiger partial charge on any atom is 0.253 e. The molecule has 154 valence electrons. The maximum absolute atomic E-state index is 12.8. The molecule has 3 aromatic carbocycles. The summed E-state index contributed by atoms with van der Waals surface area (Å²) in [6.45, 7) is 0. The van der Waals surface area contributed by atoms with Crippen molar-refractivity contribution < 1.29 is 19.1 Å². The first-order valence-corrected chi connectivity index (χ1v) is 9.53. The SMILES string of the molecule is COc1cccc(C(=O)NC(NC(=O)c2cccc(OC)c2)c2ccc(Cl)cc2)c1. The highest BCUT2D eigenvalue weighted by molar-refractivity contribution is 6.30.